The molecule has 1 aromatic heterocycles. The number of aromatic nitrogens is 2. The molecule has 0 bridgehead atoms. The van der Waals surface area contributed by atoms with Gasteiger partial charge in [-0.3, -0.25) is 0 Å². The Bertz CT molecular complexity index is 812. The minimum Gasteiger partial charge on any atom is -0.496 e. The first kappa shape index (κ1) is 17.3. The summed E-state index contributed by atoms with van der Waals surface area (Å²) in [5, 5.41) is 0. The molecular formula is C21H27N3O2. The van der Waals surface area contributed by atoms with Crippen LogP contribution in [-0.2, 0) is 16.8 Å². The number of rotatable bonds is 2. The van der Waals surface area contributed by atoms with Crippen molar-refractivity contribution in [3.05, 3.63) is 46.4 Å². The average Bonchev–Trinajstić information content (AvgIpc) is 2.65. The highest BCUT2D eigenvalue weighted by Crippen LogP contribution is 2.46. The van der Waals surface area contributed by atoms with E-state index in [9.17, 15) is 0 Å². The molecule has 2 aliphatic rings. The molecule has 0 radical (unpaired) electrons. The third-order valence-corrected chi connectivity index (χ3v) is 5.88. The summed E-state index contributed by atoms with van der Waals surface area (Å²) in [7, 11) is 1.75. The maximum atomic E-state index is 6.40. The van der Waals surface area contributed by atoms with E-state index in [1.807, 2.05) is 6.92 Å². The molecule has 5 heteroatoms. The molecule has 0 unspecified atom stereocenters. The molecule has 1 fully saturated rings. The van der Waals surface area contributed by atoms with Crippen LogP contribution in [0.1, 0.15) is 41.1 Å². The van der Waals surface area contributed by atoms with Crippen molar-refractivity contribution in [2.45, 2.75) is 45.6 Å². The number of fused-ring (bicyclic) bond motifs is 2. The molecule has 0 saturated carbocycles. The monoisotopic (exact) mass is 353 g/mol. The number of anilines is 1. The van der Waals surface area contributed by atoms with E-state index < -0.39 is 0 Å². The SMILES string of the molecule is COc1cccc2c1C1(CCN(c3nc(C)nc(C)c3C)CC1)OCC2. The molecule has 0 atom stereocenters. The highest BCUT2D eigenvalue weighted by atomic mass is 16.5. The van der Waals surface area contributed by atoms with Gasteiger partial charge in [0.05, 0.1) is 13.7 Å². The summed E-state index contributed by atoms with van der Waals surface area (Å²) in [6, 6.07) is 6.36. The Kier molecular flexibility index (Phi) is 4.35. The van der Waals surface area contributed by atoms with Gasteiger partial charge in [-0.25, -0.2) is 9.97 Å². The molecule has 0 amide bonds. The number of hydrogen-bond donors (Lipinski definition) is 0. The van der Waals surface area contributed by atoms with Crippen LogP contribution in [0.15, 0.2) is 18.2 Å². The minimum atomic E-state index is -0.234. The largest absolute Gasteiger partial charge is 0.496 e. The molecule has 2 aliphatic heterocycles. The van der Waals surface area contributed by atoms with Crippen LogP contribution in [0.25, 0.3) is 0 Å². The van der Waals surface area contributed by atoms with Crippen LogP contribution in [0.3, 0.4) is 0 Å². The second kappa shape index (κ2) is 6.54. The third-order valence-electron chi connectivity index (χ3n) is 5.88. The summed E-state index contributed by atoms with van der Waals surface area (Å²) in [6.07, 6.45) is 2.85. The van der Waals surface area contributed by atoms with Crippen molar-refractivity contribution in [1.82, 2.24) is 9.97 Å². The van der Waals surface area contributed by atoms with Crippen LogP contribution >= 0.6 is 0 Å². The molecule has 1 saturated heterocycles. The lowest BCUT2D eigenvalue weighted by Crippen LogP contribution is -2.47. The second-order valence-electron chi connectivity index (χ2n) is 7.38. The van der Waals surface area contributed by atoms with E-state index in [1.54, 1.807) is 7.11 Å². The zero-order valence-corrected chi connectivity index (χ0v) is 16.1. The lowest BCUT2D eigenvalue weighted by atomic mass is 9.78. The highest BCUT2D eigenvalue weighted by Gasteiger charge is 2.43. The predicted octanol–water partition coefficient (Wildman–Crippen LogP) is 3.48. The first-order valence-electron chi connectivity index (χ1n) is 9.41. The van der Waals surface area contributed by atoms with Gasteiger partial charge in [-0.2, -0.15) is 0 Å². The molecule has 26 heavy (non-hydrogen) atoms. The van der Waals surface area contributed by atoms with Crippen LogP contribution in [0.4, 0.5) is 5.82 Å². The van der Waals surface area contributed by atoms with E-state index >= 15 is 0 Å². The van der Waals surface area contributed by atoms with E-state index in [0.717, 1.165) is 62.0 Å². The molecule has 138 valence electrons. The topological polar surface area (TPSA) is 47.5 Å². The smallest absolute Gasteiger partial charge is 0.135 e. The summed E-state index contributed by atoms with van der Waals surface area (Å²) < 4.78 is 12.1. The van der Waals surface area contributed by atoms with E-state index in [0.29, 0.717) is 0 Å². The summed E-state index contributed by atoms with van der Waals surface area (Å²) in [4.78, 5) is 11.6. The minimum absolute atomic E-state index is 0.234. The summed E-state index contributed by atoms with van der Waals surface area (Å²) in [6.45, 7) is 8.77. The first-order chi connectivity index (χ1) is 12.5. The molecule has 4 rings (SSSR count). The molecule has 3 heterocycles. The lowest BCUT2D eigenvalue weighted by molar-refractivity contribution is -0.0780. The van der Waals surface area contributed by atoms with E-state index in [1.165, 1.54) is 16.7 Å². The first-order valence-corrected chi connectivity index (χ1v) is 9.41. The normalized spacial score (nSPS) is 18.7. The molecular weight excluding hydrogens is 326 g/mol. The van der Waals surface area contributed by atoms with E-state index in [2.05, 4.69) is 41.9 Å². The number of nitrogens with zero attached hydrogens (tertiary/aromatic N) is 3. The van der Waals surface area contributed by atoms with Crippen LogP contribution in [-0.4, -0.2) is 36.8 Å². The molecule has 1 aromatic carbocycles. The van der Waals surface area contributed by atoms with Crippen molar-refractivity contribution in [2.24, 2.45) is 0 Å². The number of benzene rings is 1. The maximum absolute atomic E-state index is 6.40. The van der Waals surface area contributed by atoms with Crippen molar-refractivity contribution in [3.8, 4) is 5.75 Å². The van der Waals surface area contributed by atoms with Gasteiger partial charge in [0, 0.05) is 29.9 Å². The molecule has 0 aliphatic carbocycles. The number of hydrogen-bond acceptors (Lipinski definition) is 5. The van der Waals surface area contributed by atoms with Crippen molar-refractivity contribution in [2.75, 3.05) is 31.7 Å². The second-order valence-corrected chi connectivity index (χ2v) is 7.38. The third kappa shape index (κ3) is 2.75. The van der Waals surface area contributed by atoms with Crippen LogP contribution in [0, 0.1) is 20.8 Å². The van der Waals surface area contributed by atoms with Gasteiger partial charge in [0.1, 0.15) is 23.0 Å². The van der Waals surface area contributed by atoms with Crippen LogP contribution in [0.5, 0.6) is 5.75 Å². The standard InChI is InChI=1S/C21H27N3O2/c1-14-15(2)22-16(3)23-20(14)24-11-9-21(10-12-24)19-17(8-13-26-21)6-5-7-18(19)25-4/h5-7H,8-13H2,1-4H3. The highest BCUT2D eigenvalue weighted by molar-refractivity contribution is 5.51. The molecule has 2 aromatic rings. The Labute approximate surface area is 155 Å². The number of ether oxygens (including phenoxy) is 2. The Morgan fingerprint density at radius 2 is 1.88 bits per heavy atom. The molecule has 0 N–H and O–H groups in total. The summed E-state index contributed by atoms with van der Waals surface area (Å²) in [5.41, 5.74) is 4.64. The van der Waals surface area contributed by atoms with E-state index in [4.69, 9.17) is 14.5 Å². The van der Waals surface area contributed by atoms with Gasteiger partial charge in [-0.05, 0) is 51.7 Å². The van der Waals surface area contributed by atoms with Gasteiger partial charge in [0.2, 0.25) is 0 Å². The van der Waals surface area contributed by atoms with Gasteiger partial charge >= 0.3 is 0 Å². The Morgan fingerprint density at radius 3 is 2.62 bits per heavy atom. The van der Waals surface area contributed by atoms with E-state index in [-0.39, 0.29) is 5.60 Å². The van der Waals surface area contributed by atoms with Crippen molar-refractivity contribution in [3.63, 3.8) is 0 Å². The van der Waals surface area contributed by atoms with Gasteiger partial charge in [-0.1, -0.05) is 12.1 Å². The van der Waals surface area contributed by atoms with Gasteiger partial charge in [0.25, 0.3) is 0 Å². The van der Waals surface area contributed by atoms with Gasteiger partial charge < -0.3 is 14.4 Å². The van der Waals surface area contributed by atoms with Crippen LogP contribution in [0.2, 0.25) is 0 Å². The number of aryl methyl sites for hydroxylation is 2. The van der Waals surface area contributed by atoms with Gasteiger partial charge in [-0.15, -0.1) is 0 Å². The zero-order valence-electron chi connectivity index (χ0n) is 16.1. The maximum Gasteiger partial charge on any atom is 0.135 e. The fraction of sp³-hybridized carbons (Fsp3) is 0.524. The zero-order chi connectivity index (χ0) is 18.3. The Balaban J connectivity index is 1.64. The van der Waals surface area contributed by atoms with Crippen molar-refractivity contribution >= 4 is 5.82 Å². The van der Waals surface area contributed by atoms with Crippen LogP contribution < -0.4 is 9.64 Å². The number of piperidine rings is 1. The van der Waals surface area contributed by atoms with Crippen molar-refractivity contribution < 1.29 is 9.47 Å². The summed E-state index contributed by atoms with van der Waals surface area (Å²) in [5.74, 6) is 2.87. The average molecular weight is 353 g/mol. The van der Waals surface area contributed by atoms with Crippen molar-refractivity contribution in [1.29, 1.82) is 0 Å². The van der Waals surface area contributed by atoms with Gasteiger partial charge in [0.15, 0.2) is 0 Å². The quantitative estimate of drug-likeness (QED) is 0.827. The fourth-order valence-electron chi connectivity index (χ4n) is 4.43. The Morgan fingerprint density at radius 1 is 1.12 bits per heavy atom. The fourth-order valence-corrected chi connectivity index (χ4v) is 4.43. The molecule has 1 spiro atoms. The predicted molar refractivity (Wildman–Crippen MR) is 102 cm³/mol. The lowest BCUT2D eigenvalue weighted by Gasteiger charge is -2.46. The Hall–Kier alpha value is -2.14. The summed E-state index contributed by atoms with van der Waals surface area (Å²) >= 11 is 0. The number of methoxy groups -OCH3 is 1. The molecule has 5 nitrogen and oxygen atoms in total.